The predicted octanol–water partition coefficient (Wildman–Crippen LogP) is 2.81. The van der Waals surface area contributed by atoms with E-state index in [1.54, 1.807) is 0 Å². The highest BCUT2D eigenvalue weighted by Gasteiger charge is 2.12. The number of H-pyrrole nitrogens is 2. The highest BCUT2D eigenvalue weighted by molar-refractivity contribution is 7.71. The standard InChI is InChI=1S/C11H9N3OS2/c1-4-3-5(2)12-10-6(4)7-8(17-10)9(15)14-11(16)13-7/h3H,1-2H3,(H2,13,14,15,16). The second-order valence-electron chi connectivity index (χ2n) is 3.98. The number of thiophene rings is 1. The van der Waals surface area contributed by atoms with Gasteiger partial charge in [0.15, 0.2) is 4.77 Å². The molecule has 4 nitrogen and oxygen atoms in total. The molecule has 17 heavy (non-hydrogen) atoms. The zero-order chi connectivity index (χ0) is 12.2. The summed E-state index contributed by atoms with van der Waals surface area (Å²) in [5.74, 6) is 0. The highest BCUT2D eigenvalue weighted by Crippen LogP contribution is 2.31. The van der Waals surface area contributed by atoms with Crippen LogP contribution < -0.4 is 5.56 Å². The summed E-state index contributed by atoms with van der Waals surface area (Å²) in [7, 11) is 0. The Morgan fingerprint density at radius 2 is 2.12 bits per heavy atom. The fraction of sp³-hybridized carbons (Fsp3) is 0.182. The fourth-order valence-corrected chi connectivity index (χ4v) is 3.37. The molecule has 0 fully saturated rings. The quantitative estimate of drug-likeness (QED) is 0.613. The summed E-state index contributed by atoms with van der Waals surface area (Å²) < 4.78 is 0.997. The van der Waals surface area contributed by atoms with E-state index < -0.39 is 0 Å². The molecular weight excluding hydrogens is 254 g/mol. The lowest BCUT2D eigenvalue weighted by atomic mass is 10.1. The summed E-state index contributed by atoms with van der Waals surface area (Å²) in [5, 5.41) is 0.993. The summed E-state index contributed by atoms with van der Waals surface area (Å²) in [4.78, 5) is 22.8. The maximum Gasteiger partial charge on any atom is 0.269 e. The van der Waals surface area contributed by atoms with E-state index in [1.807, 2.05) is 19.9 Å². The van der Waals surface area contributed by atoms with Crippen LogP contribution in [0.3, 0.4) is 0 Å². The molecule has 0 saturated carbocycles. The molecule has 0 unspecified atom stereocenters. The minimum Gasteiger partial charge on any atom is -0.330 e. The van der Waals surface area contributed by atoms with E-state index in [1.165, 1.54) is 11.3 Å². The van der Waals surface area contributed by atoms with E-state index in [9.17, 15) is 4.79 Å². The number of aryl methyl sites for hydroxylation is 2. The molecule has 0 spiro atoms. The molecule has 2 N–H and O–H groups in total. The van der Waals surface area contributed by atoms with E-state index in [4.69, 9.17) is 12.2 Å². The minimum absolute atomic E-state index is 0.149. The minimum atomic E-state index is -0.149. The van der Waals surface area contributed by atoms with Crippen molar-refractivity contribution in [1.29, 1.82) is 0 Å². The third-order valence-corrected chi connectivity index (χ3v) is 3.95. The Morgan fingerprint density at radius 1 is 1.35 bits per heavy atom. The van der Waals surface area contributed by atoms with Gasteiger partial charge in [-0.15, -0.1) is 11.3 Å². The van der Waals surface area contributed by atoms with E-state index >= 15 is 0 Å². The van der Waals surface area contributed by atoms with E-state index in [2.05, 4.69) is 15.0 Å². The third-order valence-electron chi connectivity index (χ3n) is 2.66. The molecule has 3 heterocycles. The van der Waals surface area contributed by atoms with E-state index in [-0.39, 0.29) is 5.56 Å². The number of rotatable bonds is 0. The van der Waals surface area contributed by atoms with Crippen LogP contribution in [0.1, 0.15) is 11.3 Å². The second kappa shape index (κ2) is 3.48. The first-order chi connectivity index (χ1) is 8.06. The lowest BCUT2D eigenvalue weighted by Gasteiger charge is -1.98. The van der Waals surface area contributed by atoms with Crippen LogP contribution in [0.2, 0.25) is 0 Å². The van der Waals surface area contributed by atoms with Gasteiger partial charge in [0.1, 0.15) is 9.53 Å². The maximum absolute atomic E-state index is 11.8. The lowest BCUT2D eigenvalue weighted by Crippen LogP contribution is -2.05. The number of pyridine rings is 1. The van der Waals surface area contributed by atoms with Gasteiger partial charge in [-0.05, 0) is 37.7 Å². The monoisotopic (exact) mass is 263 g/mol. The van der Waals surface area contributed by atoms with Crippen LogP contribution in [0.15, 0.2) is 10.9 Å². The van der Waals surface area contributed by atoms with Crippen LogP contribution >= 0.6 is 23.6 Å². The van der Waals surface area contributed by atoms with Crippen LogP contribution in [-0.2, 0) is 0 Å². The van der Waals surface area contributed by atoms with Crippen LogP contribution in [0.5, 0.6) is 0 Å². The Bertz CT molecular complexity index is 857. The van der Waals surface area contributed by atoms with Gasteiger partial charge >= 0.3 is 0 Å². The Labute approximate surface area is 105 Å². The molecule has 0 aliphatic heterocycles. The fourth-order valence-electron chi connectivity index (χ4n) is 2.03. The van der Waals surface area contributed by atoms with Crippen molar-refractivity contribution in [3.05, 3.63) is 32.4 Å². The number of aromatic nitrogens is 3. The topological polar surface area (TPSA) is 61.5 Å². The van der Waals surface area contributed by atoms with Crippen molar-refractivity contribution < 1.29 is 0 Å². The molecule has 0 saturated heterocycles. The molecule has 0 bridgehead atoms. The average molecular weight is 263 g/mol. The summed E-state index contributed by atoms with van der Waals surface area (Å²) in [6.45, 7) is 3.96. The van der Waals surface area contributed by atoms with Crippen molar-refractivity contribution in [2.24, 2.45) is 0 Å². The number of nitrogens with zero attached hydrogens (tertiary/aromatic N) is 1. The normalized spacial score (nSPS) is 11.4. The van der Waals surface area contributed by atoms with Crippen molar-refractivity contribution >= 4 is 44.0 Å². The predicted molar refractivity (Wildman–Crippen MR) is 72.4 cm³/mol. The van der Waals surface area contributed by atoms with Gasteiger partial charge in [0.05, 0.1) is 5.52 Å². The Kier molecular flexibility index (Phi) is 2.17. The maximum atomic E-state index is 11.8. The van der Waals surface area contributed by atoms with Crippen LogP contribution in [0, 0.1) is 18.6 Å². The largest absolute Gasteiger partial charge is 0.330 e. The van der Waals surface area contributed by atoms with Gasteiger partial charge in [0.25, 0.3) is 5.56 Å². The molecule has 0 aliphatic rings. The zero-order valence-electron chi connectivity index (χ0n) is 9.25. The summed E-state index contributed by atoms with van der Waals surface area (Å²) >= 11 is 6.39. The SMILES string of the molecule is Cc1cc(C)c2c(n1)sc1c(=O)[nH]c(=S)[nH]c12. The number of nitrogens with one attached hydrogen (secondary N) is 2. The molecule has 0 atom stereocenters. The van der Waals surface area contributed by atoms with Crippen molar-refractivity contribution in [1.82, 2.24) is 15.0 Å². The van der Waals surface area contributed by atoms with Gasteiger partial charge < -0.3 is 4.98 Å². The van der Waals surface area contributed by atoms with Gasteiger partial charge in [-0.25, -0.2) is 4.98 Å². The number of hydrogen-bond donors (Lipinski definition) is 2. The Hall–Kier alpha value is -1.53. The number of hydrogen-bond acceptors (Lipinski definition) is 4. The molecule has 0 aliphatic carbocycles. The smallest absolute Gasteiger partial charge is 0.269 e. The molecule has 3 aromatic heterocycles. The number of aromatic amines is 2. The first kappa shape index (κ1) is 10.6. The van der Waals surface area contributed by atoms with Crippen LogP contribution in [0.4, 0.5) is 0 Å². The molecular formula is C11H9N3OS2. The van der Waals surface area contributed by atoms with Gasteiger partial charge in [0.2, 0.25) is 0 Å². The van der Waals surface area contributed by atoms with Crippen LogP contribution in [-0.4, -0.2) is 15.0 Å². The Balaban J connectivity index is 2.70. The van der Waals surface area contributed by atoms with E-state index in [0.29, 0.717) is 9.47 Å². The molecule has 3 aromatic rings. The first-order valence-electron chi connectivity index (χ1n) is 5.09. The third kappa shape index (κ3) is 1.52. The molecule has 0 radical (unpaired) electrons. The number of fused-ring (bicyclic) bond motifs is 3. The first-order valence-corrected chi connectivity index (χ1v) is 6.32. The van der Waals surface area contributed by atoms with Crippen molar-refractivity contribution in [3.63, 3.8) is 0 Å². The summed E-state index contributed by atoms with van der Waals surface area (Å²) in [5.41, 5.74) is 2.71. The zero-order valence-corrected chi connectivity index (χ0v) is 10.9. The molecule has 86 valence electrons. The van der Waals surface area contributed by atoms with E-state index in [0.717, 1.165) is 27.0 Å². The van der Waals surface area contributed by atoms with Gasteiger partial charge in [-0.1, -0.05) is 0 Å². The summed E-state index contributed by atoms with van der Waals surface area (Å²) in [6, 6.07) is 2.01. The van der Waals surface area contributed by atoms with Gasteiger partial charge in [-0.2, -0.15) is 0 Å². The molecule has 3 rings (SSSR count). The lowest BCUT2D eigenvalue weighted by molar-refractivity contribution is 1.15. The highest BCUT2D eigenvalue weighted by atomic mass is 32.1. The van der Waals surface area contributed by atoms with Crippen molar-refractivity contribution in [2.45, 2.75) is 13.8 Å². The second-order valence-corrected chi connectivity index (χ2v) is 5.38. The molecule has 0 amide bonds. The summed E-state index contributed by atoms with van der Waals surface area (Å²) in [6.07, 6.45) is 0. The van der Waals surface area contributed by atoms with Crippen LogP contribution in [0.25, 0.3) is 20.4 Å². The van der Waals surface area contributed by atoms with Gasteiger partial charge in [-0.3, -0.25) is 9.78 Å². The Morgan fingerprint density at radius 3 is 2.88 bits per heavy atom. The van der Waals surface area contributed by atoms with Gasteiger partial charge in [0, 0.05) is 11.1 Å². The molecule has 6 heteroatoms. The van der Waals surface area contributed by atoms with Crippen molar-refractivity contribution in [3.8, 4) is 0 Å². The average Bonchev–Trinajstić information content (AvgIpc) is 2.56. The van der Waals surface area contributed by atoms with Crippen molar-refractivity contribution in [2.75, 3.05) is 0 Å². The molecule has 0 aromatic carbocycles.